The van der Waals surface area contributed by atoms with Gasteiger partial charge in [0.15, 0.2) is 0 Å². The fourth-order valence-corrected chi connectivity index (χ4v) is 2.24. The summed E-state index contributed by atoms with van der Waals surface area (Å²) in [7, 11) is 3.54. The number of methoxy groups -OCH3 is 1. The zero-order valence-electron chi connectivity index (χ0n) is 13.6. The van der Waals surface area contributed by atoms with E-state index in [9.17, 15) is 4.79 Å². The van der Waals surface area contributed by atoms with Gasteiger partial charge in [0.2, 0.25) is 5.91 Å². The Labute approximate surface area is 128 Å². The highest BCUT2D eigenvalue weighted by molar-refractivity contribution is 5.76. The lowest BCUT2D eigenvalue weighted by Gasteiger charge is -2.26. The summed E-state index contributed by atoms with van der Waals surface area (Å²) in [4.78, 5) is 14.0. The summed E-state index contributed by atoms with van der Waals surface area (Å²) in [6.07, 6.45) is 2.20. The fraction of sp³-hybridized carbons (Fsp3) is 0.588. The molecule has 0 fully saturated rings. The number of rotatable bonds is 8. The van der Waals surface area contributed by atoms with E-state index in [0.29, 0.717) is 18.9 Å². The summed E-state index contributed by atoms with van der Waals surface area (Å²) in [5.41, 5.74) is 6.72. The van der Waals surface area contributed by atoms with Gasteiger partial charge < -0.3 is 15.4 Å². The Morgan fingerprint density at radius 1 is 1.33 bits per heavy atom. The van der Waals surface area contributed by atoms with Crippen LogP contribution in [0.25, 0.3) is 0 Å². The molecular weight excluding hydrogens is 264 g/mol. The lowest BCUT2D eigenvalue weighted by Crippen LogP contribution is -2.36. The van der Waals surface area contributed by atoms with Crippen LogP contribution in [0.4, 0.5) is 0 Å². The van der Waals surface area contributed by atoms with Crippen LogP contribution in [0, 0.1) is 5.92 Å². The van der Waals surface area contributed by atoms with Crippen molar-refractivity contribution in [3.05, 3.63) is 29.8 Å². The molecule has 0 bridgehead atoms. The minimum absolute atomic E-state index is 0.141. The zero-order chi connectivity index (χ0) is 15.8. The molecule has 21 heavy (non-hydrogen) atoms. The third-order valence-electron chi connectivity index (χ3n) is 4.02. The first-order chi connectivity index (χ1) is 9.99. The summed E-state index contributed by atoms with van der Waals surface area (Å²) in [5.74, 6) is 1.45. The van der Waals surface area contributed by atoms with E-state index in [4.69, 9.17) is 10.5 Å². The Morgan fingerprint density at radius 2 is 2.00 bits per heavy atom. The standard InChI is InChI=1S/C17H28N2O2/c1-13(12-18)9-10-17(20)19(3)14(2)11-15-7-5-6-8-16(15)21-4/h5-8,13-14H,9-12,18H2,1-4H3. The normalized spacial score (nSPS) is 13.6. The summed E-state index contributed by atoms with van der Waals surface area (Å²) < 4.78 is 5.36. The van der Waals surface area contributed by atoms with Gasteiger partial charge in [0.25, 0.3) is 0 Å². The predicted octanol–water partition coefficient (Wildman–Crippen LogP) is 2.46. The van der Waals surface area contributed by atoms with Crippen molar-refractivity contribution in [3.63, 3.8) is 0 Å². The fourth-order valence-electron chi connectivity index (χ4n) is 2.24. The van der Waals surface area contributed by atoms with Gasteiger partial charge in [-0.05, 0) is 43.9 Å². The van der Waals surface area contributed by atoms with Gasteiger partial charge in [-0.25, -0.2) is 0 Å². The topological polar surface area (TPSA) is 55.6 Å². The molecule has 0 aliphatic carbocycles. The Morgan fingerprint density at radius 3 is 2.62 bits per heavy atom. The molecule has 2 atom stereocenters. The molecule has 4 heteroatoms. The quantitative estimate of drug-likeness (QED) is 0.801. The van der Waals surface area contributed by atoms with Gasteiger partial charge in [0.1, 0.15) is 5.75 Å². The maximum Gasteiger partial charge on any atom is 0.222 e. The maximum atomic E-state index is 12.2. The SMILES string of the molecule is COc1ccccc1CC(C)N(C)C(=O)CCC(C)CN. The van der Waals surface area contributed by atoms with Crippen molar-refractivity contribution in [2.75, 3.05) is 20.7 Å². The van der Waals surface area contributed by atoms with Crippen LogP contribution in [0.3, 0.4) is 0 Å². The molecule has 0 saturated heterocycles. The van der Waals surface area contributed by atoms with Gasteiger partial charge in [-0.3, -0.25) is 4.79 Å². The van der Waals surface area contributed by atoms with Crippen molar-refractivity contribution in [1.82, 2.24) is 4.90 Å². The summed E-state index contributed by atoms with van der Waals surface area (Å²) >= 11 is 0. The molecular formula is C17H28N2O2. The lowest BCUT2D eigenvalue weighted by atomic mass is 10.0. The van der Waals surface area contributed by atoms with Crippen LogP contribution < -0.4 is 10.5 Å². The first kappa shape index (κ1) is 17.5. The van der Waals surface area contributed by atoms with Crippen molar-refractivity contribution in [2.45, 2.75) is 39.2 Å². The third kappa shape index (κ3) is 5.38. The first-order valence-electron chi connectivity index (χ1n) is 7.57. The van der Waals surface area contributed by atoms with E-state index >= 15 is 0 Å². The van der Waals surface area contributed by atoms with Gasteiger partial charge in [-0.1, -0.05) is 25.1 Å². The molecule has 118 valence electrons. The Kier molecular flexibility index (Phi) is 7.23. The van der Waals surface area contributed by atoms with E-state index < -0.39 is 0 Å². The number of hydrogen-bond donors (Lipinski definition) is 1. The van der Waals surface area contributed by atoms with Crippen LogP contribution in [0.5, 0.6) is 5.75 Å². The van der Waals surface area contributed by atoms with Gasteiger partial charge in [0.05, 0.1) is 7.11 Å². The largest absolute Gasteiger partial charge is 0.496 e. The van der Waals surface area contributed by atoms with Gasteiger partial charge in [-0.15, -0.1) is 0 Å². The lowest BCUT2D eigenvalue weighted by molar-refractivity contribution is -0.131. The molecule has 0 spiro atoms. The summed E-state index contributed by atoms with van der Waals surface area (Å²) in [5, 5.41) is 0. The van der Waals surface area contributed by atoms with Crippen LogP contribution in [0.1, 0.15) is 32.3 Å². The van der Waals surface area contributed by atoms with Gasteiger partial charge in [-0.2, -0.15) is 0 Å². The first-order valence-corrected chi connectivity index (χ1v) is 7.57. The molecule has 2 N–H and O–H groups in total. The number of likely N-dealkylation sites (N-methyl/N-ethyl adjacent to an activating group) is 1. The minimum atomic E-state index is 0.141. The van der Waals surface area contributed by atoms with Gasteiger partial charge in [0, 0.05) is 19.5 Å². The van der Waals surface area contributed by atoms with E-state index in [1.165, 1.54) is 0 Å². The number of para-hydroxylation sites is 1. The summed E-state index contributed by atoms with van der Waals surface area (Å²) in [6, 6.07) is 8.09. The molecule has 0 saturated carbocycles. The number of ether oxygens (including phenoxy) is 1. The smallest absolute Gasteiger partial charge is 0.222 e. The predicted molar refractivity (Wildman–Crippen MR) is 86.4 cm³/mol. The van der Waals surface area contributed by atoms with Crippen molar-refractivity contribution >= 4 is 5.91 Å². The highest BCUT2D eigenvalue weighted by Gasteiger charge is 2.18. The molecule has 1 aromatic rings. The number of amides is 1. The second-order valence-electron chi connectivity index (χ2n) is 5.75. The van der Waals surface area contributed by atoms with E-state index in [1.807, 2.05) is 36.2 Å². The molecule has 0 aliphatic heterocycles. The zero-order valence-corrected chi connectivity index (χ0v) is 13.6. The van der Waals surface area contributed by atoms with Crippen LogP contribution in [0.2, 0.25) is 0 Å². The van der Waals surface area contributed by atoms with E-state index in [2.05, 4.69) is 13.8 Å². The Balaban J connectivity index is 2.57. The number of hydrogen-bond acceptors (Lipinski definition) is 3. The highest BCUT2D eigenvalue weighted by Crippen LogP contribution is 2.20. The number of benzene rings is 1. The monoisotopic (exact) mass is 292 g/mol. The van der Waals surface area contributed by atoms with Gasteiger partial charge >= 0.3 is 0 Å². The average molecular weight is 292 g/mol. The van der Waals surface area contributed by atoms with Crippen molar-refractivity contribution in [2.24, 2.45) is 11.7 Å². The van der Waals surface area contributed by atoms with E-state index in [-0.39, 0.29) is 11.9 Å². The maximum absolute atomic E-state index is 12.2. The molecule has 4 nitrogen and oxygen atoms in total. The van der Waals surface area contributed by atoms with Crippen molar-refractivity contribution in [3.8, 4) is 5.75 Å². The Bertz CT molecular complexity index is 448. The van der Waals surface area contributed by atoms with Crippen LogP contribution in [-0.2, 0) is 11.2 Å². The van der Waals surface area contributed by atoms with Crippen LogP contribution in [0.15, 0.2) is 24.3 Å². The molecule has 0 radical (unpaired) electrons. The highest BCUT2D eigenvalue weighted by atomic mass is 16.5. The molecule has 0 aromatic heterocycles. The Hall–Kier alpha value is -1.55. The van der Waals surface area contributed by atoms with Crippen molar-refractivity contribution in [1.29, 1.82) is 0 Å². The van der Waals surface area contributed by atoms with E-state index in [1.54, 1.807) is 7.11 Å². The molecule has 1 amide bonds. The molecule has 2 unspecified atom stereocenters. The van der Waals surface area contributed by atoms with E-state index in [0.717, 1.165) is 24.2 Å². The van der Waals surface area contributed by atoms with Crippen molar-refractivity contribution < 1.29 is 9.53 Å². The molecule has 1 aromatic carbocycles. The number of nitrogens with zero attached hydrogens (tertiary/aromatic N) is 1. The molecule has 1 rings (SSSR count). The summed E-state index contributed by atoms with van der Waals surface area (Å²) in [6.45, 7) is 4.77. The third-order valence-corrected chi connectivity index (χ3v) is 4.02. The number of nitrogens with two attached hydrogens (primary N) is 1. The van der Waals surface area contributed by atoms with Crippen LogP contribution in [-0.4, -0.2) is 37.6 Å². The second kappa shape index (κ2) is 8.67. The number of carbonyl (C=O) groups excluding carboxylic acids is 1. The average Bonchev–Trinajstić information content (AvgIpc) is 2.51. The minimum Gasteiger partial charge on any atom is -0.496 e. The second-order valence-corrected chi connectivity index (χ2v) is 5.75. The van der Waals surface area contributed by atoms with Crippen LogP contribution >= 0.6 is 0 Å². The molecule has 0 heterocycles. The molecule has 0 aliphatic rings. The number of carbonyl (C=O) groups is 1.